The van der Waals surface area contributed by atoms with E-state index >= 15 is 0 Å². The van der Waals surface area contributed by atoms with Crippen LogP contribution >= 0.6 is 0 Å². The Bertz CT molecular complexity index is 377. The number of aliphatic hydroxyl groups excluding tert-OH is 1. The molecule has 17 heavy (non-hydrogen) atoms. The van der Waals surface area contributed by atoms with E-state index in [1.807, 2.05) is 13.8 Å². The summed E-state index contributed by atoms with van der Waals surface area (Å²) in [6, 6.07) is 0.494. The normalized spacial score (nSPS) is 20.4. The van der Waals surface area contributed by atoms with Gasteiger partial charge in [0.25, 0.3) is 0 Å². The van der Waals surface area contributed by atoms with Gasteiger partial charge in [-0.15, -0.1) is 0 Å². The summed E-state index contributed by atoms with van der Waals surface area (Å²) in [6.45, 7) is 3.98. The quantitative estimate of drug-likeness (QED) is 0.831. The fourth-order valence-corrected chi connectivity index (χ4v) is 2.66. The molecule has 4 nitrogen and oxygen atoms in total. The van der Waals surface area contributed by atoms with E-state index in [9.17, 15) is 5.11 Å². The zero-order chi connectivity index (χ0) is 12.3. The van der Waals surface area contributed by atoms with Gasteiger partial charge >= 0.3 is 0 Å². The van der Waals surface area contributed by atoms with Crippen LogP contribution in [0.1, 0.15) is 44.0 Å². The zero-order valence-corrected chi connectivity index (χ0v) is 10.6. The first-order chi connectivity index (χ1) is 8.15. The molecule has 94 valence electrons. The number of hydrogen-bond acceptors (Lipinski definition) is 4. The van der Waals surface area contributed by atoms with Gasteiger partial charge in [0.1, 0.15) is 0 Å². The molecule has 1 unspecified atom stereocenters. The molecular formula is C13H21N3O. The van der Waals surface area contributed by atoms with Crippen molar-refractivity contribution in [3.05, 3.63) is 23.8 Å². The van der Waals surface area contributed by atoms with E-state index < -0.39 is 5.54 Å². The molecule has 0 amide bonds. The molecule has 2 rings (SSSR count). The third-order valence-electron chi connectivity index (χ3n) is 3.60. The number of hydrogen-bond donors (Lipinski definition) is 2. The van der Waals surface area contributed by atoms with Crippen LogP contribution in [-0.2, 0) is 5.54 Å². The highest BCUT2D eigenvalue weighted by Crippen LogP contribution is 2.26. The minimum absolute atomic E-state index is 0.0447. The van der Waals surface area contributed by atoms with Gasteiger partial charge in [0, 0.05) is 18.4 Å². The molecule has 1 heterocycles. The molecule has 1 aliphatic carbocycles. The van der Waals surface area contributed by atoms with Crippen molar-refractivity contribution in [2.75, 3.05) is 6.61 Å². The van der Waals surface area contributed by atoms with Crippen molar-refractivity contribution in [1.29, 1.82) is 0 Å². The zero-order valence-electron chi connectivity index (χ0n) is 10.6. The summed E-state index contributed by atoms with van der Waals surface area (Å²) in [5, 5.41) is 13.2. The number of rotatable bonds is 4. The molecule has 0 saturated heterocycles. The molecule has 0 spiro atoms. The van der Waals surface area contributed by atoms with E-state index in [1.54, 1.807) is 12.4 Å². The number of aromatic nitrogens is 2. The largest absolute Gasteiger partial charge is 0.394 e. The van der Waals surface area contributed by atoms with Gasteiger partial charge in [-0.3, -0.25) is 9.97 Å². The lowest BCUT2D eigenvalue weighted by Gasteiger charge is -2.32. The SMILES string of the molecule is Cc1nccnc1C(C)(CO)NC1CCCC1. The van der Waals surface area contributed by atoms with Crippen molar-refractivity contribution in [1.82, 2.24) is 15.3 Å². The highest BCUT2D eigenvalue weighted by atomic mass is 16.3. The van der Waals surface area contributed by atoms with Crippen LogP contribution in [0, 0.1) is 6.92 Å². The Morgan fingerprint density at radius 3 is 2.59 bits per heavy atom. The van der Waals surface area contributed by atoms with E-state index in [4.69, 9.17) is 0 Å². The molecule has 1 fully saturated rings. The third kappa shape index (κ3) is 2.64. The Balaban J connectivity index is 2.20. The van der Waals surface area contributed by atoms with Crippen LogP contribution in [0.2, 0.25) is 0 Å². The number of nitrogens with zero attached hydrogens (tertiary/aromatic N) is 2. The van der Waals surface area contributed by atoms with Crippen LogP contribution in [0.15, 0.2) is 12.4 Å². The van der Waals surface area contributed by atoms with Crippen LogP contribution in [-0.4, -0.2) is 27.7 Å². The molecule has 1 atom stereocenters. The van der Waals surface area contributed by atoms with Gasteiger partial charge in [-0.2, -0.15) is 0 Å². The standard InChI is InChI=1S/C13H21N3O/c1-10-12(15-8-7-14-10)13(2,9-17)16-11-5-3-4-6-11/h7-8,11,16-17H,3-6,9H2,1-2H3. The van der Waals surface area contributed by atoms with Gasteiger partial charge < -0.3 is 10.4 Å². The molecule has 0 radical (unpaired) electrons. The summed E-state index contributed by atoms with van der Waals surface area (Å²) >= 11 is 0. The summed E-state index contributed by atoms with van der Waals surface area (Å²) in [7, 11) is 0. The average Bonchev–Trinajstić information content (AvgIpc) is 2.82. The maximum absolute atomic E-state index is 9.69. The van der Waals surface area contributed by atoms with E-state index in [0.717, 1.165) is 11.4 Å². The number of aliphatic hydroxyl groups is 1. The van der Waals surface area contributed by atoms with Crippen LogP contribution in [0.25, 0.3) is 0 Å². The topological polar surface area (TPSA) is 58.0 Å². The highest BCUT2D eigenvalue weighted by molar-refractivity contribution is 5.19. The molecular weight excluding hydrogens is 214 g/mol. The van der Waals surface area contributed by atoms with Crippen molar-refractivity contribution < 1.29 is 5.11 Å². The fraction of sp³-hybridized carbons (Fsp3) is 0.692. The molecule has 0 aromatic carbocycles. The Hall–Kier alpha value is -1.00. The van der Waals surface area contributed by atoms with Crippen molar-refractivity contribution >= 4 is 0 Å². The summed E-state index contributed by atoms with van der Waals surface area (Å²) in [4.78, 5) is 8.63. The molecule has 0 aliphatic heterocycles. The van der Waals surface area contributed by atoms with Crippen molar-refractivity contribution in [3.63, 3.8) is 0 Å². The van der Waals surface area contributed by atoms with Crippen molar-refractivity contribution in [2.24, 2.45) is 0 Å². The predicted molar refractivity (Wildman–Crippen MR) is 66.6 cm³/mol. The Kier molecular flexibility index (Phi) is 3.74. The minimum atomic E-state index is -0.479. The Morgan fingerprint density at radius 2 is 2.00 bits per heavy atom. The first-order valence-corrected chi connectivity index (χ1v) is 6.32. The van der Waals surface area contributed by atoms with Gasteiger partial charge in [0.15, 0.2) is 0 Å². The van der Waals surface area contributed by atoms with E-state index in [0.29, 0.717) is 6.04 Å². The van der Waals surface area contributed by atoms with Crippen molar-refractivity contribution in [2.45, 2.75) is 51.1 Å². The summed E-state index contributed by atoms with van der Waals surface area (Å²) in [5.74, 6) is 0. The van der Waals surface area contributed by atoms with Gasteiger partial charge in [-0.25, -0.2) is 0 Å². The van der Waals surface area contributed by atoms with Gasteiger partial charge in [-0.05, 0) is 26.7 Å². The first-order valence-electron chi connectivity index (χ1n) is 6.32. The third-order valence-corrected chi connectivity index (χ3v) is 3.60. The molecule has 4 heteroatoms. The Labute approximate surface area is 102 Å². The maximum atomic E-state index is 9.69. The average molecular weight is 235 g/mol. The first kappa shape index (κ1) is 12.5. The fourth-order valence-electron chi connectivity index (χ4n) is 2.66. The van der Waals surface area contributed by atoms with E-state index in [-0.39, 0.29) is 6.61 Å². The highest BCUT2D eigenvalue weighted by Gasteiger charge is 2.32. The lowest BCUT2D eigenvalue weighted by atomic mass is 9.95. The molecule has 2 N–H and O–H groups in total. The molecule has 1 aromatic heterocycles. The summed E-state index contributed by atoms with van der Waals surface area (Å²) in [5.41, 5.74) is 1.26. The lowest BCUT2D eigenvalue weighted by Crippen LogP contribution is -2.48. The summed E-state index contributed by atoms with van der Waals surface area (Å²) < 4.78 is 0. The molecule has 1 saturated carbocycles. The van der Waals surface area contributed by atoms with Crippen molar-refractivity contribution in [3.8, 4) is 0 Å². The van der Waals surface area contributed by atoms with Gasteiger partial charge in [-0.1, -0.05) is 12.8 Å². The maximum Gasteiger partial charge on any atom is 0.0837 e. The summed E-state index contributed by atoms with van der Waals surface area (Å²) in [6.07, 6.45) is 8.31. The smallest absolute Gasteiger partial charge is 0.0837 e. The molecule has 1 aromatic rings. The predicted octanol–water partition coefficient (Wildman–Crippen LogP) is 1.52. The number of aryl methyl sites for hydroxylation is 1. The molecule has 1 aliphatic rings. The van der Waals surface area contributed by atoms with Gasteiger partial charge in [0.05, 0.1) is 23.5 Å². The monoisotopic (exact) mass is 235 g/mol. The molecule has 0 bridgehead atoms. The van der Waals surface area contributed by atoms with Crippen LogP contribution in [0.5, 0.6) is 0 Å². The van der Waals surface area contributed by atoms with Crippen LogP contribution < -0.4 is 5.32 Å². The Morgan fingerprint density at radius 1 is 1.35 bits per heavy atom. The minimum Gasteiger partial charge on any atom is -0.394 e. The van der Waals surface area contributed by atoms with E-state index in [2.05, 4.69) is 15.3 Å². The van der Waals surface area contributed by atoms with Crippen LogP contribution in [0.4, 0.5) is 0 Å². The van der Waals surface area contributed by atoms with Gasteiger partial charge in [0.2, 0.25) is 0 Å². The second-order valence-corrected chi connectivity index (χ2v) is 5.11. The second-order valence-electron chi connectivity index (χ2n) is 5.11. The van der Waals surface area contributed by atoms with Crippen LogP contribution in [0.3, 0.4) is 0 Å². The number of nitrogens with one attached hydrogen (secondary N) is 1. The van der Waals surface area contributed by atoms with E-state index in [1.165, 1.54) is 25.7 Å². The lowest BCUT2D eigenvalue weighted by molar-refractivity contribution is 0.156. The second kappa shape index (κ2) is 5.10.